The fraction of sp³-hybridized carbons (Fsp3) is 0.438. The van der Waals surface area contributed by atoms with Crippen molar-refractivity contribution in [2.45, 2.75) is 32.6 Å². The minimum atomic E-state index is 0.0216. The van der Waals surface area contributed by atoms with Gasteiger partial charge in [0.15, 0.2) is 0 Å². The lowest BCUT2D eigenvalue weighted by molar-refractivity contribution is -0.121. The Kier molecular flexibility index (Phi) is 7.19. The van der Waals surface area contributed by atoms with Crippen molar-refractivity contribution in [3.63, 3.8) is 0 Å². The molecule has 1 rings (SSSR count). The van der Waals surface area contributed by atoms with Gasteiger partial charge in [-0.15, -0.1) is 12.3 Å². The first kappa shape index (κ1) is 15.1. The quantitative estimate of drug-likeness (QED) is 0.576. The van der Waals surface area contributed by atoms with Crippen LogP contribution in [-0.2, 0) is 4.79 Å². The summed E-state index contributed by atoms with van der Waals surface area (Å²) >= 11 is 0. The predicted molar refractivity (Wildman–Crippen MR) is 77.0 cm³/mol. The van der Waals surface area contributed by atoms with E-state index in [2.05, 4.69) is 11.2 Å². The Hall–Kier alpha value is -1.95. The molecule has 19 heavy (non-hydrogen) atoms. The summed E-state index contributed by atoms with van der Waals surface area (Å²) in [5, 5.41) is 2.85. The van der Waals surface area contributed by atoms with Crippen LogP contribution in [0.4, 0.5) is 0 Å². The third-order valence-corrected chi connectivity index (χ3v) is 2.66. The van der Waals surface area contributed by atoms with E-state index in [0.29, 0.717) is 19.6 Å². The Labute approximate surface area is 115 Å². The van der Waals surface area contributed by atoms with Gasteiger partial charge in [-0.2, -0.15) is 0 Å². The number of aryl methyl sites for hydroxylation is 1. The van der Waals surface area contributed by atoms with Crippen molar-refractivity contribution < 1.29 is 9.53 Å². The maximum absolute atomic E-state index is 11.5. The van der Waals surface area contributed by atoms with E-state index in [9.17, 15) is 4.79 Å². The summed E-state index contributed by atoms with van der Waals surface area (Å²) < 4.78 is 5.51. The number of rotatable bonds is 8. The highest BCUT2D eigenvalue weighted by atomic mass is 16.5. The summed E-state index contributed by atoms with van der Waals surface area (Å²) in [6, 6.07) is 7.80. The number of carbonyl (C=O) groups excluding carboxylic acids is 1. The molecule has 0 aliphatic rings. The molecular formula is C16H21NO2. The van der Waals surface area contributed by atoms with Gasteiger partial charge in [0, 0.05) is 13.0 Å². The predicted octanol–water partition coefficient (Wildman–Crippen LogP) is 2.68. The van der Waals surface area contributed by atoms with Crippen LogP contribution in [0.5, 0.6) is 5.75 Å². The molecular weight excluding hydrogens is 238 g/mol. The fourth-order valence-electron chi connectivity index (χ4n) is 1.63. The van der Waals surface area contributed by atoms with Crippen LogP contribution in [0.15, 0.2) is 24.3 Å². The van der Waals surface area contributed by atoms with Crippen LogP contribution in [-0.4, -0.2) is 19.1 Å². The van der Waals surface area contributed by atoms with E-state index in [-0.39, 0.29) is 5.91 Å². The number of amides is 1. The Bertz CT molecular complexity index is 435. The zero-order valence-electron chi connectivity index (χ0n) is 11.4. The van der Waals surface area contributed by atoms with E-state index < -0.39 is 0 Å². The zero-order valence-corrected chi connectivity index (χ0v) is 11.4. The first-order valence-corrected chi connectivity index (χ1v) is 6.62. The van der Waals surface area contributed by atoms with Crippen LogP contribution in [0, 0.1) is 19.3 Å². The van der Waals surface area contributed by atoms with Gasteiger partial charge in [-0.05, 0) is 37.5 Å². The number of hydrogen-bond donors (Lipinski definition) is 1. The van der Waals surface area contributed by atoms with Crippen LogP contribution < -0.4 is 10.1 Å². The fourth-order valence-corrected chi connectivity index (χ4v) is 1.63. The summed E-state index contributed by atoms with van der Waals surface area (Å²) in [6.07, 6.45) is 8.18. The van der Waals surface area contributed by atoms with Crippen LogP contribution in [0.25, 0.3) is 0 Å². The first-order valence-electron chi connectivity index (χ1n) is 6.62. The maximum Gasteiger partial charge on any atom is 0.223 e. The SMILES string of the molecule is C#CCCCCNC(=O)CCOc1cccc(C)c1. The van der Waals surface area contributed by atoms with Crippen molar-refractivity contribution in [1.82, 2.24) is 5.32 Å². The van der Waals surface area contributed by atoms with Crippen molar-refractivity contribution >= 4 is 5.91 Å². The van der Waals surface area contributed by atoms with Gasteiger partial charge in [0.25, 0.3) is 0 Å². The molecule has 0 unspecified atom stereocenters. The molecule has 3 heteroatoms. The van der Waals surface area contributed by atoms with Gasteiger partial charge in [0.1, 0.15) is 5.75 Å². The average molecular weight is 259 g/mol. The summed E-state index contributed by atoms with van der Waals surface area (Å²) in [6.45, 7) is 3.10. The van der Waals surface area contributed by atoms with E-state index in [4.69, 9.17) is 11.2 Å². The molecule has 3 nitrogen and oxygen atoms in total. The lowest BCUT2D eigenvalue weighted by atomic mass is 10.2. The highest BCUT2D eigenvalue weighted by Crippen LogP contribution is 2.12. The van der Waals surface area contributed by atoms with E-state index in [1.54, 1.807) is 0 Å². The molecule has 1 aromatic rings. The molecule has 1 aromatic carbocycles. The van der Waals surface area contributed by atoms with Crippen molar-refractivity contribution in [2.75, 3.05) is 13.2 Å². The summed E-state index contributed by atoms with van der Waals surface area (Å²) in [4.78, 5) is 11.5. The number of benzene rings is 1. The molecule has 0 fully saturated rings. The van der Waals surface area contributed by atoms with Crippen LogP contribution in [0.2, 0.25) is 0 Å². The maximum atomic E-state index is 11.5. The molecule has 0 aliphatic heterocycles. The largest absolute Gasteiger partial charge is 0.493 e. The first-order chi connectivity index (χ1) is 9.22. The Morgan fingerprint density at radius 3 is 3.00 bits per heavy atom. The number of terminal acetylenes is 1. The van der Waals surface area contributed by atoms with Crippen LogP contribution >= 0.6 is 0 Å². The second kappa shape index (κ2) is 9.04. The van der Waals surface area contributed by atoms with Crippen molar-refractivity contribution in [1.29, 1.82) is 0 Å². The van der Waals surface area contributed by atoms with Gasteiger partial charge < -0.3 is 10.1 Å². The topological polar surface area (TPSA) is 38.3 Å². The minimum absolute atomic E-state index is 0.0216. The molecule has 0 aromatic heterocycles. The van der Waals surface area contributed by atoms with Gasteiger partial charge >= 0.3 is 0 Å². The Balaban J connectivity index is 2.09. The molecule has 1 N–H and O–H groups in total. The van der Waals surface area contributed by atoms with E-state index in [0.717, 1.165) is 30.6 Å². The van der Waals surface area contributed by atoms with Gasteiger partial charge in [0.2, 0.25) is 5.91 Å². The normalized spacial score (nSPS) is 9.68. The lowest BCUT2D eigenvalue weighted by Gasteiger charge is -2.07. The minimum Gasteiger partial charge on any atom is -0.493 e. The van der Waals surface area contributed by atoms with Gasteiger partial charge in [-0.3, -0.25) is 4.79 Å². The average Bonchev–Trinajstić information content (AvgIpc) is 2.38. The number of hydrogen-bond acceptors (Lipinski definition) is 2. The lowest BCUT2D eigenvalue weighted by Crippen LogP contribution is -2.25. The molecule has 0 heterocycles. The molecule has 0 aliphatic carbocycles. The van der Waals surface area contributed by atoms with Crippen molar-refractivity contribution in [3.05, 3.63) is 29.8 Å². The number of ether oxygens (including phenoxy) is 1. The van der Waals surface area contributed by atoms with Gasteiger partial charge in [-0.1, -0.05) is 12.1 Å². The van der Waals surface area contributed by atoms with Crippen molar-refractivity contribution in [2.24, 2.45) is 0 Å². The summed E-state index contributed by atoms with van der Waals surface area (Å²) in [5.74, 6) is 3.41. The second-order valence-corrected chi connectivity index (χ2v) is 4.43. The third-order valence-electron chi connectivity index (χ3n) is 2.66. The Morgan fingerprint density at radius 1 is 1.42 bits per heavy atom. The summed E-state index contributed by atoms with van der Waals surface area (Å²) in [5.41, 5.74) is 1.15. The number of unbranched alkanes of at least 4 members (excludes halogenated alkanes) is 2. The molecule has 0 atom stereocenters. The van der Waals surface area contributed by atoms with Crippen LogP contribution in [0.1, 0.15) is 31.2 Å². The third kappa shape index (κ3) is 7.15. The van der Waals surface area contributed by atoms with E-state index in [1.165, 1.54) is 0 Å². The summed E-state index contributed by atoms with van der Waals surface area (Å²) in [7, 11) is 0. The molecule has 102 valence electrons. The second-order valence-electron chi connectivity index (χ2n) is 4.43. The van der Waals surface area contributed by atoms with Gasteiger partial charge in [-0.25, -0.2) is 0 Å². The van der Waals surface area contributed by atoms with E-state index in [1.807, 2.05) is 31.2 Å². The molecule has 0 saturated heterocycles. The highest BCUT2D eigenvalue weighted by molar-refractivity contribution is 5.75. The zero-order chi connectivity index (χ0) is 13.9. The smallest absolute Gasteiger partial charge is 0.223 e. The highest BCUT2D eigenvalue weighted by Gasteiger charge is 2.01. The molecule has 0 spiro atoms. The van der Waals surface area contributed by atoms with Crippen molar-refractivity contribution in [3.8, 4) is 18.1 Å². The molecule has 1 amide bonds. The number of carbonyl (C=O) groups is 1. The molecule has 0 radical (unpaired) electrons. The van der Waals surface area contributed by atoms with Gasteiger partial charge in [0.05, 0.1) is 13.0 Å². The molecule has 0 bridgehead atoms. The standard InChI is InChI=1S/C16H21NO2/c1-3-4-5-6-11-17-16(18)10-12-19-15-9-7-8-14(2)13-15/h1,7-9,13H,4-6,10-12H2,2H3,(H,17,18). The molecule has 0 saturated carbocycles. The monoisotopic (exact) mass is 259 g/mol. The van der Waals surface area contributed by atoms with E-state index >= 15 is 0 Å². The number of nitrogens with one attached hydrogen (secondary N) is 1. The Morgan fingerprint density at radius 2 is 2.26 bits per heavy atom. The van der Waals surface area contributed by atoms with Crippen LogP contribution in [0.3, 0.4) is 0 Å².